The molecule has 1 N–H and O–H groups in total. The van der Waals surface area contributed by atoms with Gasteiger partial charge in [0.15, 0.2) is 18.1 Å². The number of halogens is 2. The number of alkyl halides is 2. The molecule has 176 valence electrons. The standard InChI is InChI=1S/C25H32ClFO5/c1-4-5-21(31)32-24(20(30)14-27)11-9-17-18-7-6-15-12-16(28)8-10-22(15,2)25(18,26)19(29)13-23(17,24)3/h8,10,12,17-19,29H,4-7,9,11,13-14H2,1-3H3/t17-,18-,19?,22-,23-,24-,25-/m0/s1. The zero-order valence-electron chi connectivity index (χ0n) is 19.0. The molecule has 0 radical (unpaired) electrons. The van der Waals surface area contributed by atoms with E-state index < -0.39 is 45.8 Å². The van der Waals surface area contributed by atoms with Crippen LogP contribution in [0.4, 0.5) is 4.39 Å². The van der Waals surface area contributed by atoms with Crippen molar-refractivity contribution in [3.63, 3.8) is 0 Å². The third-order valence-corrected chi connectivity index (χ3v) is 10.00. The van der Waals surface area contributed by atoms with Gasteiger partial charge in [0.05, 0.1) is 11.0 Å². The van der Waals surface area contributed by atoms with Crippen LogP contribution < -0.4 is 0 Å². The van der Waals surface area contributed by atoms with Gasteiger partial charge in [0.2, 0.25) is 5.78 Å². The second kappa shape index (κ2) is 7.76. The summed E-state index contributed by atoms with van der Waals surface area (Å²) >= 11 is 7.36. The van der Waals surface area contributed by atoms with Gasteiger partial charge < -0.3 is 9.84 Å². The minimum absolute atomic E-state index is 0.0809. The Morgan fingerprint density at radius 1 is 1.28 bits per heavy atom. The number of carbonyl (C=O) groups excluding carboxylic acids is 3. The zero-order chi connectivity index (χ0) is 23.5. The minimum atomic E-state index is -1.59. The van der Waals surface area contributed by atoms with Crippen LogP contribution in [0.15, 0.2) is 23.8 Å². The maximum Gasteiger partial charge on any atom is 0.306 e. The van der Waals surface area contributed by atoms with Gasteiger partial charge >= 0.3 is 5.97 Å². The van der Waals surface area contributed by atoms with Crippen molar-refractivity contribution >= 4 is 29.1 Å². The first-order chi connectivity index (χ1) is 15.0. The second-order valence-corrected chi connectivity index (χ2v) is 11.0. The van der Waals surface area contributed by atoms with Crippen LogP contribution in [0.25, 0.3) is 0 Å². The molecule has 0 aliphatic heterocycles. The van der Waals surface area contributed by atoms with Crippen molar-refractivity contribution < 1.29 is 28.6 Å². The number of hydrogen-bond acceptors (Lipinski definition) is 5. The van der Waals surface area contributed by atoms with E-state index >= 15 is 0 Å². The lowest BCUT2D eigenvalue weighted by Crippen LogP contribution is -2.69. The number of ketones is 2. The average molecular weight is 467 g/mol. The number of fused-ring (bicyclic) bond motifs is 5. The number of aliphatic hydroxyl groups excluding tert-OH is 1. The molecule has 0 saturated heterocycles. The summed E-state index contributed by atoms with van der Waals surface area (Å²) in [7, 11) is 0. The number of aliphatic hydroxyl groups is 1. The fourth-order valence-corrected chi connectivity index (χ4v) is 7.96. The molecule has 0 aromatic carbocycles. The van der Waals surface area contributed by atoms with Crippen molar-refractivity contribution in [3.8, 4) is 0 Å². The first kappa shape index (κ1) is 23.6. The lowest BCUT2D eigenvalue weighted by atomic mass is 9.45. The van der Waals surface area contributed by atoms with Crippen LogP contribution in [0, 0.1) is 22.7 Å². The zero-order valence-corrected chi connectivity index (χ0v) is 19.7. The van der Waals surface area contributed by atoms with Crippen molar-refractivity contribution in [2.24, 2.45) is 22.7 Å². The molecule has 32 heavy (non-hydrogen) atoms. The van der Waals surface area contributed by atoms with Gasteiger partial charge in [-0.3, -0.25) is 14.4 Å². The Kier molecular flexibility index (Phi) is 5.73. The predicted molar refractivity (Wildman–Crippen MR) is 118 cm³/mol. The molecule has 3 saturated carbocycles. The lowest BCUT2D eigenvalue weighted by Gasteiger charge is -2.64. The quantitative estimate of drug-likeness (QED) is 0.484. The van der Waals surface area contributed by atoms with Crippen molar-refractivity contribution in [2.45, 2.75) is 82.3 Å². The lowest BCUT2D eigenvalue weighted by molar-refractivity contribution is -0.196. The van der Waals surface area contributed by atoms with Gasteiger partial charge in [0.25, 0.3) is 0 Å². The van der Waals surface area contributed by atoms with Crippen LogP contribution >= 0.6 is 11.6 Å². The highest BCUT2D eigenvalue weighted by Gasteiger charge is 2.74. The number of carbonyl (C=O) groups is 3. The molecule has 3 fully saturated rings. The molecule has 5 nitrogen and oxygen atoms in total. The Hall–Kier alpha value is -1.53. The Morgan fingerprint density at radius 3 is 2.66 bits per heavy atom. The molecule has 4 aliphatic carbocycles. The van der Waals surface area contributed by atoms with Crippen molar-refractivity contribution in [3.05, 3.63) is 23.8 Å². The first-order valence-electron chi connectivity index (χ1n) is 11.6. The summed E-state index contributed by atoms with van der Waals surface area (Å²) in [6.07, 6.45) is 6.84. The maximum absolute atomic E-state index is 13.8. The first-order valence-corrected chi connectivity index (χ1v) is 12.0. The SMILES string of the molecule is CCCC(=O)O[C@]1(C(=O)CF)CC[C@H]2[C@@H]3CCC4=CC(=O)C=C[C@]4(C)[C@@]3(Cl)C(O)C[C@@]21C. The number of rotatable bonds is 5. The summed E-state index contributed by atoms with van der Waals surface area (Å²) < 4.78 is 19.6. The van der Waals surface area contributed by atoms with E-state index in [2.05, 4.69) is 0 Å². The molecular weight excluding hydrogens is 435 g/mol. The smallest absolute Gasteiger partial charge is 0.306 e. The normalized spacial score (nSPS) is 44.9. The summed E-state index contributed by atoms with van der Waals surface area (Å²) in [6, 6.07) is 0. The van der Waals surface area contributed by atoms with Crippen LogP contribution in [-0.2, 0) is 19.1 Å². The summed E-state index contributed by atoms with van der Waals surface area (Å²) in [6.45, 7) is 4.44. The van der Waals surface area contributed by atoms with Gasteiger partial charge in [-0.15, -0.1) is 11.6 Å². The van der Waals surface area contributed by atoms with Crippen LogP contribution in [-0.4, -0.2) is 45.9 Å². The van der Waals surface area contributed by atoms with E-state index in [1.807, 2.05) is 26.8 Å². The molecule has 0 aromatic rings. The number of allylic oxidation sites excluding steroid dienone is 4. The highest BCUT2D eigenvalue weighted by molar-refractivity contribution is 6.26. The van der Waals surface area contributed by atoms with Crippen molar-refractivity contribution in [2.75, 3.05) is 6.67 Å². The highest BCUT2D eigenvalue weighted by atomic mass is 35.5. The molecule has 1 unspecified atom stereocenters. The molecule has 0 aromatic heterocycles. The highest BCUT2D eigenvalue weighted by Crippen LogP contribution is 2.71. The molecule has 0 heterocycles. The van der Waals surface area contributed by atoms with Gasteiger partial charge in [-0.05, 0) is 62.5 Å². The van der Waals surface area contributed by atoms with E-state index in [-0.39, 0.29) is 36.9 Å². The summed E-state index contributed by atoms with van der Waals surface area (Å²) in [4.78, 5) is 36.4. The topological polar surface area (TPSA) is 80.7 Å². The van der Waals surface area contributed by atoms with E-state index in [0.717, 1.165) is 5.57 Å². The van der Waals surface area contributed by atoms with Crippen LogP contribution in [0.2, 0.25) is 0 Å². The number of esters is 1. The van der Waals surface area contributed by atoms with E-state index in [1.165, 1.54) is 6.08 Å². The summed E-state index contributed by atoms with van der Waals surface area (Å²) in [5.74, 6) is -1.63. The Morgan fingerprint density at radius 2 is 2.00 bits per heavy atom. The molecular formula is C25H32ClFO5. The average Bonchev–Trinajstić information content (AvgIpc) is 3.02. The molecule has 4 rings (SSSR count). The fourth-order valence-electron chi connectivity index (χ4n) is 7.44. The van der Waals surface area contributed by atoms with Gasteiger partial charge in [-0.2, -0.15) is 0 Å². The summed E-state index contributed by atoms with van der Waals surface area (Å²) in [5.41, 5.74) is -2.31. The predicted octanol–water partition coefficient (Wildman–Crippen LogP) is 4.25. The number of hydrogen-bond donors (Lipinski definition) is 1. The minimum Gasteiger partial charge on any atom is -0.450 e. The monoisotopic (exact) mass is 466 g/mol. The van der Waals surface area contributed by atoms with Crippen molar-refractivity contribution in [1.82, 2.24) is 0 Å². The van der Waals surface area contributed by atoms with Gasteiger partial charge in [0.1, 0.15) is 0 Å². The molecule has 0 amide bonds. The van der Waals surface area contributed by atoms with E-state index in [9.17, 15) is 23.9 Å². The third-order valence-electron chi connectivity index (χ3n) is 9.08. The third kappa shape index (κ3) is 2.87. The van der Waals surface area contributed by atoms with E-state index in [0.29, 0.717) is 25.7 Å². The maximum atomic E-state index is 13.8. The molecule has 7 atom stereocenters. The molecule has 0 bridgehead atoms. The molecule has 0 spiro atoms. The van der Waals surface area contributed by atoms with Gasteiger partial charge in [0, 0.05) is 17.3 Å². The molecule has 4 aliphatic rings. The number of Topliss-reactive ketones (excluding diaryl/α,β-unsaturated/α-hetero) is 1. The van der Waals surface area contributed by atoms with E-state index in [1.54, 1.807) is 6.08 Å². The summed E-state index contributed by atoms with van der Waals surface area (Å²) in [5, 5.41) is 11.5. The Balaban J connectivity index is 1.79. The fraction of sp³-hybridized carbons (Fsp3) is 0.720. The largest absolute Gasteiger partial charge is 0.450 e. The van der Waals surface area contributed by atoms with E-state index in [4.69, 9.17) is 16.3 Å². The number of ether oxygens (including phenoxy) is 1. The second-order valence-electron chi connectivity index (χ2n) is 10.4. The molecule has 7 heteroatoms. The van der Waals surface area contributed by atoms with Crippen LogP contribution in [0.3, 0.4) is 0 Å². The van der Waals surface area contributed by atoms with Crippen LogP contribution in [0.1, 0.15) is 65.7 Å². The van der Waals surface area contributed by atoms with Gasteiger partial charge in [-0.1, -0.05) is 32.4 Å². The Labute approximate surface area is 193 Å². The Bertz CT molecular complexity index is 914. The van der Waals surface area contributed by atoms with Crippen LogP contribution in [0.5, 0.6) is 0 Å². The van der Waals surface area contributed by atoms with Crippen molar-refractivity contribution in [1.29, 1.82) is 0 Å². The van der Waals surface area contributed by atoms with Gasteiger partial charge in [-0.25, -0.2) is 4.39 Å².